The molecule has 0 aliphatic carbocycles. The summed E-state index contributed by atoms with van der Waals surface area (Å²) in [6.07, 6.45) is 0. The van der Waals surface area contributed by atoms with Crippen molar-refractivity contribution in [2.45, 2.75) is 6.92 Å². The van der Waals surface area contributed by atoms with Crippen molar-refractivity contribution in [2.24, 2.45) is 0 Å². The average Bonchev–Trinajstić information content (AvgIpc) is 2.81. The first-order valence-electron chi connectivity index (χ1n) is 6.13. The van der Waals surface area contributed by atoms with Crippen LogP contribution in [0.4, 0.5) is 6.01 Å². The Bertz CT molecular complexity index is 650. The number of carboxylic acid groups (broad SMARTS) is 1. The summed E-state index contributed by atoms with van der Waals surface area (Å²) in [5.41, 5.74) is 1.06. The van der Waals surface area contributed by atoms with Crippen molar-refractivity contribution in [3.63, 3.8) is 0 Å². The number of nitrogens with zero attached hydrogens (tertiary/aromatic N) is 2. The van der Waals surface area contributed by atoms with E-state index in [0.717, 1.165) is 0 Å². The maximum absolute atomic E-state index is 11.5. The summed E-state index contributed by atoms with van der Waals surface area (Å²) in [4.78, 5) is 28.1. The summed E-state index contributed by atoms with van der Waals surface area (Å²) in [6, 6.07) is 4.72. The maximum atomic E-state index is 11.5. The molecule has 106 valence electrons. The number of hydrogen-bond acceptors (Lipinski definition) is 5. The van der Waals surface area contributed by atoms with Crippen molar-refractivity contribution < 1.29 is 19.1 Å². The van der Waals surface area contributed by atoms with Crippen molar-refractivity contribution in [2.75, 3.05) is 25.0 Å². The third-order valence-electron chi connectivity index (χ3n) is 2.71. The summed E-state index contributed by atoms with van der Waals surface area (Å²) in [6.45, 7) is 2.51. The third kappa shape index (κ3) is 2.87. The average molecular weight is 277 g/mol. The van der Waals surface area contributed by atoms with Crippen LogP contribution in [0.1, 0.15) is 17.3 Å². The number of aromatic nitrogens is 1. The Balaban J connectivity index is 2.22. The number of nitrogens with one attached hydrogen (secondary N) is 1. The van der Waals surface area contributed by atoms with Gasteiger partial charge in [-0.1, -0.05) is 0 Å². The number of carbonyl (C=O) groups is 2. The Kier molecular flexibility index (Phi) is 3.88. The zero-order chi connectivity index (χ0) is 14.7. The number of oxazole rings is 1. The Morgan fingerprint density at radius 1 is 1.45 bits per heavy atom. The van der Waals surface area contributed by atoms with Gasteiger partial charge in [-0.3, -0.25) is 4.79 Å². The van der Waals surface area contributed by atoms with Crippen LogP contribution >= 0.6 is 0 Å². The van der Waals surface area contributed by atoms with Crippen LogP contribution < -0.4 is 10.2 Å². The molecule has 0 fully saturated rings. The quantitative estimate of drug-likeness (QED) is 0.849. The predicted octanol–water partition coefficient (Wildman–Crippen LogP) is 1.10. The first-order valence-corrected chi connectivity index (χ1v) is 6.13. The molecule has 1 aromatic heterocycles. The van der Waals surface area contributed by atoms with Crippen molar-refractivity contribution in [3.05, 3.63) is 23.8 Å². The first kappa shape index (κ1) is 13.9. The first-order chi connectivity index (χ1) is 9.51. The summed E-state index contributed by atoms with van der Waals surface area (Å²) >= 11 is 0. The molecule has 1 amide bonds. The van der Waals surface area contributed by atoms with Crippen LogP contribution in [0.25, 0.3) is 11.1 Å². The molecule has 0 aliphatic heterocycles. The van der Waals surface area contributed by atoms with E-state index >= 15 is 0 Å². The van der Waals surface area contributed by atoms with Gasteiger partial charge in [-0.15, -0.1) is 0 Å². The van der Waals surface area contributed by atoms with Gasteiger partial charge in [-0.25, -0.2) is 4.79 Å². The van der Waals surface area contributed by atoms with Crippen LogP contribution in [0.3, 0.4) is 0 Å². The smallest absolute Gasteiger partial charge is 0.335 e. The molecule has 0 radical (unpaired) electrons. The lowest BCUT2D eigenvalue weighted by molar-refractivity contribution is -0.119. The van der Waals surface area contributed by atoms with Crippen LogP contribution in [0, 0.1) is 0 Å². The summed E-state index contributed by atoms with van der Waals surface area (Å²) in [7, 11) is 1.68. The van der Waals surface area contributed by atoms with E-state index in [0.29, 0.717) is 17.6 Å². The molecule has 1 heterocycles. The molecule has 0 aliphatic rings. The monoisotopic (exact) mass is 277 g/mol. The van der Waals surface area contributed by atoms with Crippen LogP contribution in [-0.4, -0.2) is 42.1 Å². The highest BCUT2D eigenvalue weighted by molar-refractivity contribution is 5.92. The molecule has 7 nitrogen and oxygen atoms in total. The van der Waals surface area contributed by atoms with E-state index < -0.39 is 5.97 Å². The topological polar surface area (TPSA) is 95.7 Å². The van der Waals surface area contributed by atoms with E-state index in [-0.39, 0.29) is 24.0 Å². The number of amides is 1. The van der Waals surface area contributed by atoms with E-state index in [1.54, 1.807) is 18.0 Å². The van der Waals surface area contributed by atoms with E-state index in [1.165, 1.54) is 12.1 Å². The van der Waals surface area contributed by atoms with E-state index in [1.807, 2.05) is 6.92 Å². The number of carbonyl (C=O) groups excluding carboxylic acids is 1. The van der Waals surface area contributed by atoms with Crippen molar-refractivity contribution >= 4 is 29.0 Å². The molecular formula is C13H15N3O4. The van der Waals surface area contributed by atoms with Gasteiger partial charge in [0.2, 0.25) is 5.91 Å². The summed E-state index contributed by atoms with van der Waals surface area (Å²) in [5, 5.41) is 11.6. The van der Waals surface area contributed by atoms with E-state index in [2.05, 4.69) is 10.3 Å². The Hall–Kier alpha value is -2.57. The van der Waals surface area contributed by atoms with Gasteiger partial charge in [0.05, 0.1) is 5.56 Å². The fraction of sp³-hybridized carbons (Fsp3) is 0.308. The van der Waals surface area contributed by atoms with Gasteiger partial charge in [-0.2, -0.15) is 4.98 Å². The van der Waals surface area contributed by atoms with Gasteiger partial charge in [0.15, 0.2) is 5.58 Å². The van der Waals surface area contributed by atoms with Crippen LogP contribution in [-0.2, 0) is 4.79 Å². The number of carboxylic acids is 1. The SMILES string of the molecule is CCNC(=O)CN(C)c1nc2ccc(C(=O)O)cc2o1. The Morgan fingerprint density at radius 3 is 2.85 bits per heavy atom. The standard InChI is InChI=1S/C13H15N3O4/c1-3-14-11(17)7-16(2)13-15-9-5-4-8(12(18)19)6-10(9)20-13/h4-6H,3,7H2,1-2H3,(H,14,17)(H,18,19). The van der Waals surface area contributed by atoms with Gasteiger partial charge >= 0.3 is 5.97 Å². The fourth-order valence-corrected chi connectivity index (χ4v) is 1.74. The molecule has 0 atom stereocenters. The van der Waals surface area contributed by atoms with Crippen molar-refractivity contribution in [3.8, 4) is 0 Å². The highest BCUT2D eigenvalue weighted by Crippen LogP contribution is 2.22. The lowest BCUT2D eigenvalue weighted by Crippen LogP contribution is -2.35. The number of benzene rings is 1. The van der Waals surface area contributed by atoms with Gasteiger partial charge in [-0.05, 0) is 25.1 Å². The number of likely N-dealkylation sites (N-methyl/N-ethyl adjacent to an activating group) is 2. The molecular weight excluding hydrogens is 262 g/mol. The molecule has 2 aromatic rings. The molecule has 0 unspecified atom stereocenters. The zero-order valence-corrected chi connectivity index (χ0v) is 11.2. The lowest BCUT2D eigenvalue weighted by Gasteiger charge is -2.13. The highest BCUT2D eigenvalue weighted by Gasteiger charge is 2.14. The zero-order valence-electron chi connectivity index (χ0n) is 11.2. The molecule has 0 spiro atoms. The largest absolute Gasteiger partial charge is 0.478 e. The Labute approximate surface area is 115 Å². The summed E-state index contributed by atoms with van der Waals surface area (Å²) in [5.74, 6) is -1.16. The third-order valence-corrected chi connectivity index (χ3v) is 2.71. The van der Waals surface area contributed by atoms with Crippen molar-refractivity contribution in [1.82, 2.24) is 10.3 Å². The fourth-order valence-electron chi connectivity index (χ4n) is 1.74. The van der Waals surface area contributed by atoms with E-state index in [4.69, 9.17) is 9.52 Å². The van der Waals surface area contributed by atoms with E-state index in [9.17, 15) is 9.59 Å². The maximum Gasteiger partial charge on any atom is 0.335 e. The second-order valence-electron chi connectivity index (χ2n) is 4.29. The molecule has 0 bridgehead atoms. The minimum atomic E-state index is -1.03. The molecule has 1 aromatic carbocycles. The molecule has 7 heteroatoms. The normalized spacial score (nSPS) is 10.5. The minimum absolute atomic E-state index is 0.118. The van der Waals surface area contributed by atoms with Gasteiger partial charge in [0, 0.05) is 13.6 Å². The number of fused-ring (bicyclic) bond motifs is 1. The van der Waals surface area contributed by atoms with Gasteiger partial charge in [0.1, 0.15) is 12.1 Å². The lowest BCUT2D eigenvalue weighted by atomic mass is 10.2. The van der Waals surface area contributed by atoms with Crippen LogP contribution in [0.2, 0.25) is 0 Å². The van der Waals surface area contributed by atoms with Gasteiger partial charge < -0.3 is 19.7 Å². The number of anilines is 1. The van der Waals surface area contributed by atoms with Crippen LogP contribution in [0.15, 0.2) is 22.6 Å². The molecule has 0 saturated carbocycles. The Morgan fingerprint density at radius 2 is 2.20 bits per heavy atom. The number of hydrogen-bond donors (Lipinski definition) is 2. The molecule has 2 rings (SSSR count). The molecule has 2 N–H and O–H groups in total. The second kappa shape index (κ2) is 5.60. The number of aromatic carboxylic acids is 1. The number of rotatable bonds is 5. The van der Waals surface area contributed by atoms with Crippen LogP contribution in [0.5, 0.6) is 0 Å². The molecule has 20 heavy (non-hydrogen) atoms. The van der Waals surface area contributed by atoms with Gasteiger partial charge in [0.25, 0.3) is 6.01 Å². The van der Waals surface area contributed by atoms with Crippen molar-refractivity contribution in [1.29, 1.82) is 0 Å². The predicted molar refractivity (Wildman–Crippen MR) is 72.9 cm³/mol. The summed E-state index contributed by atoms with van der Waals surface area (Å²) < 4.78 is 5.47. The minimum Gasteiger partial charge on any atom is -0.478 e. The highest BCUT2D eigenvalue weighted by atomic mass is 16.4. The second-order valence-corrected chi connectivity index (χ2v) is 4.29. The molecule has 0 saturated heterocycles.